The lowest BCUT2D eigenvalue weighted by Crippen LogP contribution is -2.47. The number of nitrogen functional groups attached to an aromatic ring is 1. The molecule has 1 fully saturated rings. The number of hydrogen-bond acceptors (Lipinski definition) is 5. The molecule has 0 aromatic heterocycles. The number of methoxy groups -OCH3 is 1. The van der Waals surface area contributed by atoms with Gasteiger partial charge in [0.05, 0.1) is 19.1 Å². The third kappa shape index (κ3) is 3.79. The molecule has 2 heterocycles. The van der Waals surface area contributed by atoms with Crippen LogP contribution < -0.4 is 15.4 Å². The zero-order valence-electron chi connectivity index (χ0n) is 15.5. The molecule has 0 radical (unpaired) electrons. The Morgan fingerprint density at radius 1 is 1.27 bits per heavy atom. The maximum absolute atomic E-state index is 12.2. The minimum absolute atomic E-state index is 0.190. The molecule has 0 spiro atoms. The molecule has 1 aromatic carbocycles. The highest BCUT2D eigenvalue weighted by Gasteiger charge is 2.29. The Hall–Kier alpha value is -2.63. The summed E-state index contributed by atoms with van der Waals surface area (Å²) in [7, 11) is 1.64. The standard InChI is InChI=1S/C20H27N3O3/c1-3-15-13-17(21)19(25-2)14-18(15)22-10-7-16(8-11-22)23-9-5-4-6-12-26-20(23)24/h4-6,12-14,16H,3,7-11,21H2,1-2H3/b5-4-,12-6-. The van der Waals surface area contributed by atoms with Gasteiger partial charge in [0.25, 0.3) is 0 Å². The summed E-state index contributed by atoms with van der Waals surface area (Å²) >= 11 is 0. The van der Waals surface area contributed by atoms with Crippen LogP contribution in [0.25, 0.3) is 0 Å². The molecule has 2 aliphatic heterocycles. The molecule has 1 saturated heterocycles. The van der Waals surface area contributed by atoms with Crippen LogP contribution in [0.3, 0.4) is 0 Å². The molecule has 1 aromatic rings. The van der Waals surface area contributed by atoms with Crippen LogP contribution in [0.4, 0.5) is 16.2 Å². The highest BCUT2D eigenvalue weighted by molar-refractivity contribution is 5.70. The van der Waals surface area contributed by atoms with Crippen molar-refractivity contribution >= 4 is 17.5 Å². The summed E-state index contributed by atoms with van der Waals surface area (Å²) in [6.45, 7) is 4.49. The number of allylic oxidation sites excluding steroid dienone is 2. The van der Waals surface area contributed by atoms with E-state index < -0.39 is 0 Å². The van der Waals surface area contributed by atoms with Gasteiger partial charge in [0, 0.05) is 37.4 Å². The van der Waals surface area contributed by atoms with Gasteiger partial charge in [0.15, 0.2) is 0 Å². The van der Waals surface area contributed by atoms with E-state index in [2.05, 4.69) is 11.8 Å². The first-order chi connectivity index (χ1) is 12.6. The molecule has 26 heavy (non-hydrogen) atoms. The molecule has 0 unspecified atom stereocenters. The van der Waals surface area contributed by atoms with Gasteiger partial charge in [0.2, 0.25) is 0 Å². The smallest absolute Gasteiger partial charge is 0.415 e. The lowest BCUT2D eigenvalue weighted by molar-refractivity contribution is 0.115. The normalized spacial score (nSPS) is 20.9. The average Bonchev–Trinajstić information content (AvgIpc) is 2.65. The zero-order valence-corrected chi connectivity index (χ0v) is 15.5. The highest BCUT2D eigenvalue weighted by Crippen LogP contribution is 2.34. The maximum atomic E-state index is 12.2. The fraction of sp³-hybridized carbons (Fsp3) is 0.450. The predicted octanol–water partition coefficient (Wildman–Crippen LogP) is 3.33. The van der Waals surface area contributed by atoms with Crippen LogP contribution in [-0.2, 0) is 11.2 Å². The highest BCUT2D eigenvalue weighted by atomic mass is 16.5. The summed E-state index contributed by atoms with van der Waals surface area (Å²) in [6.07, 6.45) is 9.52. The van der Waals surface area contributed by atoms with E-state index in [1.165, 1.54) is 17.5 Å². The van der Waals surface area contributed by atoms with E-state index >= 15 is 0 Å². The molecule has 2 aliphatic rings. The Kier molecular flexibility index (Phi) is 5.71. The van der Waals surface area contributed by atoms with Crippen molar-refractivity contribution < 1.29 is 14.3 Å². The van der Waals surface area contributed by atoms with Gasteiger partial charge in [-0.3, -0.25) is 0 Å². The van der Waals surface area contributed by atoms with E-state index in [1.807, 2.05) is 29.2 Å². The Morgan fingerprint density at radius 2 is 2.04 bits per heavy atom. The predicted molar refractivity (Wildman–Crippen MR) is 103 cm³/mol. The van der Waals surface area contributed by atoms with Gasteiger partial charge >= 0.3 is 6.09 Å². The largest absolute Gasteiger partial charge is 0.495 e. The van der Waals surface area contributed by atoms with E-state index in [0.717, 1.165) is 32.4 Å². The number of benzene rings is 1. The van der Waals surface area contributed by atoms with Gasteiger partial charge < -0.3 is 25.0 Å². The first-order valence-corrected chi connectivity index (χ1v) is 9.14. The second-order valence-corrected chi connectivity index (χ2v) is 6.59. The van der Waals surface area contributed by atoms with Gasteiger partial charge in [-0.05, 0) is 37.0 Å². The van der Waals surface area contributed by atoms with Gasteiger partial charge in [-0.25, -0.2) is 4.79 Å². The van der Waals surface area contributed by atoms with Crippen molar-refractivity contribution in [1.82, 2.24) is 4.90 Å². The van der Waals surface area contributed by atoms with Crippen molar-refractivity contribution in [2.75, 3.05) is 37.4 Å². The van der Waals surface area contributed by atoms with Crippen molar-refractivity contribution in [3.63, 3.8) is 0 Å². The van der Waals surface area contributed by atoms with Crippen molar-refractivity contribution in [3.05, 3.63) is 42.2 Å². The molecule has 6 heteroatoms. The third-order valence-electron chi connectivity index (χ3n) is 5.09. The number of nitrogens with two attached hydrogens (primary N) is 1. The van der Waals surface area contributed by atoms with Crippen LogP contribution in [0.2, 0.25) is 0 Å². The topological polar surface area (TPSA) is 68.0 Å². The SMILES string of the molecule is CCc1cc(N)c(OC)cc1N1CCC(N2C/C=C\C=C/OC2=O)CC1. The Labute approximate surface area is 154 Å². The summed E-state index contributed by atoms with van der Waals surface area (Å²) in [5.41, 5.74) is 9.13. The molecule has 3 rings (SSSR count). The van der Waals surface area contributed by atoms with Crippen molar-refractivity contribution in [2.45, 2.75) is 32.2 Å². The van der Waals surface area contributed by atoms with Gasteiger partial charge in [-0.1, -0.05) is 19.1 Å². The number of hydrogen-bond donors (Lipinski definition) is 1. The first-order valence-electron chi connectivity index (χ1n) is 9.14. The number of cyclic esters (lactones) is 1. The number of aryl methyl sites for hydroxylation is 1. The van der Waals surface area contributed by atoms with Crippen LogP contribution >= 0.6 is 0 Å². The first kappa shape index (κ1) is 18.2. The Balaban J connectivity index is 1.71. The van der Waals surface area contributed by atoms with Crippen LogP contribution in [0.5, 0.6) is 5.75 Å². The Morgan fingerprint density at radius 3 is 2.73 bits per heavy atom. The summed E-state index contributed by atoms with van der Waals surface area (Å²) in [6, 6.07) is 4.23. The minimum atomic E-state index is -0.271. The quantitative estimate of drug-likeness (QED) is 0.837. The molecule has 6 nitrogen and oxygen atoms in total. The van der Waals surface area contributed by atoms with Crippen LogP contribution in [0, 0.1) is 0 Å². The summed E-state index contributed by atoms with van der Waals surface area (Å²) in [5, 5.41) is 0. The van der Waals surface area contributed by atoms with E-state index in [1.54, 1.807) is 13.2 Å². The average molecular weight is 357 g/mol. The molecule has 0 aliphatic carbocycles. The summed E-state index contributed by atoms with van der Waals surface area (Å²) < 4.78 is 10.5. The molecule has 0 atom stereocenters. The molecule has 2 N–H and O–H groups in total. The summed E-state index contributed by atoms with van der Waals surface area (Å²) in [4.78, 5) is 16.4. The van der Waals surface area contributed by atoms with Gasteiger partial charge in [-0.15, -0.1) is 0 Å². The van der Waals surface area contributed by atoms with Crippen molar-refractivity contribution in [1.29, 1.82) is 0 Å². The molecule has 140 valence electrons. The summed E-state index contributed by atoms with van der Waals surface area (Å²) in [5.74, 6) is 0.712. The molecule has 0 saturated carbocycles. The molecule has 0 bridgehead atoms. The third-order valence-corrected chi connectivity index (χ3v) is 5.09. The molecule has 1 amide bonds. The second-order valence-electron chi connectivity index (χ2n) is 6.59. The number of rotatable bonds is 4. The van der Waals surface area contributed by atoms with Crippen LogP contribution in [-0.4, -0.2) is 43.8 Å². The lowest BCUT2D eigenvalue weighted by atomic mass is 10.00. The van der Waals surface area contributed by atoms with E-state index in [9.17, 15) is 4.79 Å². The lowest BCUT2D eigenvalue weighted by Gasteiger charge is -2.39. The van der Waals surface area contributed by atoms with Gasteiger partial charge in [-0.2, -0.15) is 0 Å². The number of carbonyl (C=O) groups is 1. The monoisotopic (exact) mass is 357 g/mol. The van der Waals surface area contributed by atoms with Crippen LogP contribution in [0.15, 0.2) is 36.6 Å². The molecular formula is C20H27N3O3. The Bertz CT molecular complexity index is 706. The molecular weight excluding hydrogens is 330 g/mol. The number of carbonyl (C=O) groups excluding carboxylic acids is 1. The number of amides is 1. The van der Waals surface area contributed by atoms with Crippen LogP contribution in [0.1, 0.15) is 25.3 Å². The van der Waals surface area contributed by atoms with Crippen molar-refractivity contribution in [2.24, 2.45) is 0 Å². The second kappa shape index (κ2) is 8.17. The van der Waals surface area contributed by atoms with E-state index in [4.69, 9.17) is 15.2 Å². The number of anilines is 2. The maximum Gasteiger partial charge on any atom is 0.415 e. The zero-order chi connectivity index (χ0) is 18.5. The van der Waals surface area contributed by atoms with E-state index in [-0.39, 0.29) is 12.1 Å². The fourth-order valence-electron chi connectivity index (χ4n) is 3.64. The van der Waals surface area contributed by atoms with Crippen molar-refractivity contribution in [3.8, 4) is 5.75 Å². The van der Waals surface area contributed by atoms with Gasteiger partial charge in [0.1, 0.15) is 5.75 Å². The number of piperidine rings is 1. The number of ether oxygens (including phenoxy) is 2. The fourth-order valence-corrected chi connectivity index (χ4v) is 3.64. The minimum Gasteiger partial charge on any atom is -0.495 e. The number of nitrogens with zero attached hydrogens (tertiary/aromatic N) is 2. The van der Waals surface area contributed by atoms with E-state index in [0.29, 0.717) is 18.0 Å².